The summed E-state index contributed by atoms with van der Waals surface area (Å²) in [6.07, 6.45) is 8.20. The van der Waals surface area contributed by atoms with Crippen LogP contribution < -0.4 is 5.32 Å². The number of benzene rings is 1. The van der Waals surface area contributed by atoms with Crippen molar-refractivity contribution in [2.24, 2.45) is 17.3 Å². The van der Waals surface area contributed by atoms with Crippen LogP contribution in [-0.4, -0.2) is 20.7 Å². The summed E-state index contributed by atoms with van der Waals surface area (Å²) in [4.78, 5) is 17.6. The molecule has 4 fully saturated rings. The fourth-order valence-corrected chi connectivity index (χ4v) is 6.58. The highest BCUT2D eigenvalue weighted by Gasteiger charge is 2.61. The maximum Gasteiger partial charge on any atom is 0.226 e. The van der Waals surface area contributed by atoms with E-state index in [1.54, 1.807) is 0 Å². The molecule has 7 heteroatoms. The number of nitrogens with zero attached hydrogens (tertiary/aromatic N) is 3. The topological polar surface area (TPSA) is 59.8 Å². The molecule has 4 aliphatic carbocycles. The number of aromatic nitrogens is 3. The summed E-state index contributed by atoms with van der Waals surface area (Å²) < 4.78 is 2.66. The molecule has 6 rings (SSSR count). The predicted octanol–water partition coefficient (Wildman–Crippen LogP) is 4.31. The predicted molar refractivity (Wildman–Crippen MR) is 106 cm³/mol. The molecule has 2 aromatic rings. The van der Waals surface area contributed by atoms with Crippen LogP contribution in [0.4, 0.5) is 0 Å². The van der Waals surface area contributed by atoms with Gasteiger partial charge < -0.3 is 5.32 Å². The van der Waals surface area contributed by atoms with Gasteiger partial charge in [-0.25, -0.2) is 9.67 Å². The molecule has 5 nitrogen and oxygen atoms in total. The molecular weight excluding hydrogens is 428 g/mol. The van der Waals surface area contributed by atoms with Gasteiger partial charge in [-0.05, 0) is 84.0 Å². The van der Waals surface area contributed by atoms with E-state index in [1.165, 1.54) is 6.42 Å². The molecule has 1 heterocycles. The van der Waals surface area contributed by atoms with Crippen LogP contribution in [-0.2, 0) is 16.9 Å². The van der Waals surface area contributed by atoms with Gasteiger partial charge in [0.05, 0.1) is 11.0 Å². The van der Waals surface area contributed by atoms with Crippen LogP contribution in [0.2, 0.25) is 5.02 Å². The van der Waals surface area contributed by atoms with Crippen LogP contribution in [0.5, 0.6) is 0 Å². The van der Waals surface area contributed by atoms with E-state index in [2.05, 4.69) is 31.3 Å². The first-order valence-electron chi connectivity index (χ1n) is 9.57. The van der Waals surface area contributed by atoms with E-state index in [0.29, 0.717) is 28.1 Å². The van der Waals surface area contributed by atoms with Gasteiger partial charge in [-0.1, -0.05) is 23.7 Å². The van der Waals surface area contributed by atoms with Crippen molar-refractivity contribution >= 4 is 33.4 Å². The zero-order valence-electron chi connectivity index (χ0n) is 15.0. The molecule has 4 aliphatic rings. The van der Waals surface area contributed by atoms with E-state index in [-0.39, 0.29) is 16.9 Å². The second-order valence-electron chi connectivity index (χ2n) is 8.73. The van der Waals surface area contributed by atoms with Crippen molar-refractivity contribution in [1.29, 1.82) is 0 Å². The Kier molecular flexibility index (Phi) is 4.13. The normalized spacial score (nSPS) is 34.0. The molecule has 2 unspecified atom stereocenters. The van der Waals surface area contributed by atoms with Crippen molar-refractivity contribution in [3.63, 3.8) is 0 Å². The Morgan fingerprint density at radius 2 is 1.93 bits per heavy atom. The van der Waals surface area contributed by atoms with Crippen molar-refractivity contribution in [2.75, 3.05) is 0 Å². The summed E-state index contributed by atoms with van der Waals surface area (Å²) in [5.74, 6) is 1.42. The van der Waals surface area contributed by atoms with E-state index >= 15 is 0 Å². The minimum Gasteiger partial charge on any atom is -0.352 e. The number of halogens is 2. The van der Waals surface area contributed by atoms with E-state index in [4.69, 9.17) is 11.6 Å². The standard InChI is InChI=1S/C20H22BrClN4O/c21-18-24-12-26(25-18)20-8-14-5-15(9-20)7-19(6-14,11-20)17(27)23-10-13-1-3-16(22)4-2-13/h1-4,12,14-15H,5-11H2,(H,23,27). The minimum absolute atomic E-state index is 0.0548. The Bertz CT molecular complexity index is 866. The zero-order valence-corrected chi connectivity index (χ0v) is 17.3. The minimum atomic E-state index is -0.269. The summed E-state index contributed by atoms with van der Waals surface area (Å²) in [5.41, 5.74) is 0.753. The van der Waals surface area contributed by atoms with Crippen molar-refractivity contribution in [1.82, 2.24) is 20.1 Å². The van der Waals surface area contributed by atoms with Gasteiger partial charge >= 0.3 is 0 Å². The van der Waals surface area contributed by atoms with E-state index < -0.39 is 0 Å². The lowest BCUT2D eigenvalue weighted by Crippen LogP contribution is -2.61. The number of carbonyl (C=O) groups is 1. The largest absolute Gasteiger partial charge is 0.352 e. The Labute approximate surface area is 172 Å². The van der Waals surface area contributed by atoms with Gasteiger partial charge in [-0.3, -0.25) is 4.79 Å². The molecule has 2 atom stereocenters. The SMILES string of the molecule is O=C(NCc1ccc(Cl)cc1)C12CC3CC(C1)CC(n1cnc(Br)n1)(C3)C2. The monoisotopic (exact) mass is 448 g/mol. The Balaban J connectivity index is 1.38. The van der Waals surface area contributed by atoms with Gasteiger partial charge in [-0.15, -0.1) is 5.10 Å². The van der Waals surface area contributed by atoms with Gasteiger partial charge in [-0.2, -0.15) is 0 Å². The number of hydrogen-bond acceptors (Lipinski definition) is 3. The second kappa shape index (κ2) is 6.31. The Hall–Kier alpha value is -1.40. The van der Waals surface area contributed by atoms with Crippen LogP contribution in [0, 0.1) is 17.3 Å². The van der Waals surface area contributed by atoms with Crippen molar-refractivity contribution in [3.05, 3.63) is 45.9 Å². The summed E-state index contributed by atoms with van der Waals surface area (Å²) in [6, 6.07) is 7.67. The van der Waals surface area contributed by atoms with E-state index in [1.807, 2.05) is 35.3 Å². The first-order chi connectivity index (χ1) is 13.0. The highest BCUT2D eigenvalue weighted by molar-refractivity contribution is 9.10. The van der Waals surface area contributed by atoms with Crippen LogP contribution in [0.1, 0.15) is 44.1 Å². The lowest BCUT2D eigenvalue weighted by Gasteiger charge is -2.60. The zero-order chi connectivity index (χ0) is 18.6. The highest BCUT2D eigenvalue weighted by atomic mass is 79.9. The summed E-state index contributed by atoms with van der Waals surface area (Å²) in [5, 5.41) is 8.50. The van der Waals surface area contributed by atoms with Crippen molar-refractivity contribution in [3.8, 4) is 0 Å². The second-order valence-corrected chi connectivity index (χ2v) is 9.88. The molecule has 1 aromatic heterocycles. The number of hydrogen-bond donors (Lipinski definition) is 1. The lowest BCUT2D eigenvalue weighted by molar-refractivity contribution is -0.156. The molecule has 142 valence electrons. The van der Waals surface area contributed by atoms with Gasteiger partial charge in [0.1, 0.15) is 6.33 Å². The molecule has 4 bridgehead atoms. The average molecular weight is 450 g/mol. The number of amides is 1. The van der Waals surface area contributed by atoms with Gasteiger partial charge in [0.25, 0.3) is 0 Å². The fourth-order valence-electron chi connectivity index (χ4n) is 6.19. The summed E-state index contributed by atoms with van der Waals surface area (Å²) in [7, 11) is 0. The molecule has 1 amide bonds. The molecule has 0 aliphatic heterocycles. The Morgan fingerprint density at radius 1 is 1.22 bits per heavy atom. The maximum atomic E-state index is 13.3. The van der Waals surface area contributed by atoms with Crippen LogP contribution in [0.25, 0.3) is 0 Å². The molecule has 27 heavy (non-hydrogen) atoms. The number of rotatable bonds is 4. The molecule has 4 saturated carbocycles. The van der Waals surface area contributed by atoms with Crippen LogP contribution in [0.15, 0.2) is 35.3 Å². The first kappa shape index (κ1) is 17.7. The average Bonchev–Trinajstić information content (AvgIpc) is 3.07. The van der Waals surface area contributed by atoms with Crippen LogP contribution >= 0.6 is 27.5 Å². The molecule has 0 saturated heterocycles. The molecule has 1 aromatic carbocycles. The van der Waals surface area contributed by atoms with Gasteiger partial charge in [0, 0.05) is 11.6 Å². The molecule has 1 N–H and O–H groups in total. The smallest absolute Gasteiger partial charge is 0.226 e. The molecule has 0 radical (unpaired) electrons. The fraction of sp³-hybridized carbons (Fsp3) is 0.550. The van der Waals surface area contributed by atoms with Crippen molar-refractivity contribution < 1.29 is 4.79 Å². The third-order valence-corrected chi connectivity index (χ3v) is 7.44. The molecule has 0 spiro atoms. The third kappa shape index (κ3) is 3.01. The third-order valence-electron chi connectivity index (χ3n) is 6.83. The van der Waals surface area contributed by atoms with Crippen LogP contribution in [0.3, 0.4) is 0 Å². The summed E-state index contributed by atoms with van der Waals surface area (Å²) >= 11 is 9.33. The van der Waals surface area contributed by atoms with Crippen molar-refractivity contribution in [2.45, 2.75) is 50.6 Å². The van der Waals surface area contributed by atoms with E-state index in [0.717, 1.165) is 37.7 Å². The number of nitrogens with one attached hydrogen (secondary N) is 1. The Morgan fingerprint density at radius 3 is 2.56 bits per heavy atom. The quantitative estimate of drug-likeness (QED) is 0.757. The maximum absolute atomic E-state index is 13.3. The highest BCUT2D eigenvalue weighted by Crippen LogP contribution is 2.64. The molecular formula is C20H22BrClN4O. The van der Waals surface area contributed by atoms with E-state index in [9.17, 15) is 4.79 Å². The summed E-state index contributed by atoms with van der Waals surface area (Å²) in [6.45, 7) is 0.551. The first-order valence-corrected chi connectivity index (χ1v) is 10.7. The van der Waals surface area contributed by atoms with Gasteiger partial charge in [0.15, 0.2) is 0 Å². The van der Waals surface area contributed by atoms with Gasteiger partial charge in [0.2, 0.25) is 10.6 Å². The number of carbonyl (C=O) groups excluding carboxylic acids is 1. The lowest BCUT2D eigenvalue weighted by atomic mass is 9.46.